The fourth-order valence-electron chi connectivity index (χ4n) is 9.74. The molecule has 264 valence electrons. The molecule has 0 atom stereocenters. The topological polar surface area (TPSA) is 16.4 Å². The molecule has 2 heterocycles. The quantitative estimate of drug-likeness (QED) is 0.179. The highest BCUT2D eigenvalue weighted by Gasteiger charge is 2.37. The number of anilines is 3. The number of thiophene rings is 1. The number of nitrogens with zero attached hydrogens (tertiary/aromatic N) is 1. The van der Waals surface area contributed by atoms with E-state index in [1.807, 2.05) is 11.3 Å². The smallest absolute Gasteiger partial charge is 0.144 e. The summed E-state index contributed by atoms with van der Waals surface area (Å²) >= 11 is 1.85. The first-order valence-corrected chi connectivity index (χ1v) is 20.2. The van der Waals surface area contributed by atoms with Gasteiger partial charge in [0.2, 0.25) is 0 Å². The van der Waals surface area contributed by atoms with Crippen molar-refractivity contribution < 1.29 is 4.42 Å². The molecule has 0 unspecified atom stereocenters. The molecular weight excluding hydrogens is 699 g/mol. The Balaban J connectivity index is 1.07. The highest BCUT2D eigenvalue weighted by molar-refractivity contribution is 7.26. The largest absolute Gasteiger partial charge is 0.455 e. The van der Waals surface area contributed by atoms with E-state index in [1.54, 1.807) is 0 Å². The number of hydrogen-bond acceptors (Lipinski definition) is 3. The van der Waals surface area contributed by atoms with Crippen LogP contribution in [0.25, 0.3) is 85.9 Å². The van der Waals surface area contributed by atoms with Crippen molar-refractivity contribution in [3.63, 3.8) is 0 Å². The van der Waals surface area contributed by atoms with E-state index >= 15 is 0 Å². The van der Waals surface area contributed by atoms with Crippen molar-refractivity contribution in [3.8, 4) is 22.3 Å². The average molecular weight is 734 g/mol. The van der Waals surface area contributed by atoms with Crippen LogP contribution in [0.15, 0.2) is 180 Å². The summed E-state index contributed by atoms with van der Waals surface area (Å²) in [6.07, 6.45) is 0. The van der Waals surface area contributed by atoms with Crippen molar-refractivity contribution in [3.05, 3.63) is 187 Å². The van der Waals surface area contributed by atoms with Crippen LogP contribution in [-0.2, 0) is 5.41 Å². The molecule has 0 fully saturated rings. The van der Waals surface area contributed by atoms with Gasteiger partial charge in [0.25, 0.3) is 0 Å². The Bertz CT molecular complexity index is 3400. The summed E-state index contributed by atoms with van der Waals surface area (Å²) in [6.45, 7) is 4.73. The summed E-state index contributed by atoms with van der Waals surface area (Å²) in [7, 11) is 0. The molecule has 2 nitrogen and oxygen atoms in total. The van der Waals surface area contributed by atoms with Gasteiger partial charge in [0.1, 0.15) is 11.2 Å². The number of rotatable bonds is 4. The summed E-state index contributed by atoms with van der Waals surface area (Å²) < 4.78 is 9.24. The predicted octanol–water partition coefficient (Wildman–Crippen LogP) is 15.7. The first-order chi connectivity index (χ1) is 27.5. The lowest BCUT2D eigenvalue weighted by Gasteiger charge is -2.28. The molecule has 0 saturated heterocycles. The van der Waals surface area contributed by atoms with E-state index in [-0.39, 0.29) is 5.41 Å². The van der Waals surface area contributed by atoms with Gasteiger partial charge < -0.3 is 9.32 Å². The third kappa shape index (κ3) is 4.38. The summed E-state index contributed by atoms with van der Waals surface area (Å²) in [5.41, 5.74) is 13.2. The summed E-state index contributed by atoms with van der Waals surface area (Å²) in [5.74, 6) is 0. The van der Waals surface area contributed by atoms with Gasteiger partial charge in [-0.15, -0.1) is 11.3 Å². The molecule has 3 heteroatoms. The predicted molar refractivity (Wildman–Crippen MR) is 239 cm³/mol. The minimum absolute atomic E-state index is 0.0919. The molecule has 1 aliphatic rings. The Kier molecular flexibility index (Phi) is 6.59. The normalized spacial score (nSPS) is 13.3. The molecule has 2 aromatic heterocycles. The van der Waals surface area contributed by atoms with Crippen LogP contribution in [0.4, 0.5) is 17.1 Å². The summed E-state index contributed by atoms with van der Waals surface area (Å²) in [5, 5.41) is 9.61. The van der Waals surface area contributed by atoms with Gasteiger partial charge >= 0.3 is 0 Å². The lowest BCUT2D eigenvalue weighted by Crippen LogP contribution is -2.16. The standard InChI is InChI=1S/C53H35NOS/c1-53(2)43-21-8-7-17-39(43)40-19-10-18-38(50(40)53)34-24-27-35(28-25-34)54(44-22-9-14-32-12-3-5-15-36(32)44)45-23-11-20-42-49-47(56-52(42)45)31-29-41-48-37-16-6-4-13-33(37)26-30-46(48)55-51(41)49/h3-31H,1-2H3. The van der Waals surface area contributed by atoms with E-state index in [0.717, 1.165) is 33.6 Å². The SMILES string of the molecule is CC1(C)c2ccccc2-c2cccc(-c3ccc(N(c4cccc5ccccc45)c4cccc5c4sc4ccc6c(oc7ccc8ccccc8c76)c45)cc3)c21. The lowest BCUT2D eigenvalue weighted by molar-refractivity contribution is 0.662. The van der Waals surface area contributed by atoms with Crippen LogP contribution in [0.5, 0.6) is 0 Å². The Labute approximate surface area is 328 Å². The molecular formula is C53H35NOS. The Hall–Kier alpha value is -6.68. The van der Waals surface area contributed by atoms with Gasteiger partial charge in [-0.25, -0.2) is 0 Å². The zero-order chi connectivity index (χ0) is 37.1. The molecule has 0 aliphatic heterocycles. The van der Waals surface area contributed by atoms with Crippen LogP contribution in [0, 0.1) is 0 Å². The Morgan fingerprint density at radius 1 is 0.482 bits per heavy atom. The zero-order valence-corrected chi connectivity index (χ0v) is 31.8. The molecule has 0 radical (unpaired) electrons. The molecule has 0 N–H and O–H groups in total. The van der Waals surface area contributed by atoms with Crippen LogP contribution in [0.3, 0.4) is 0 Å². The first-order valence-electron chi connectivity index (χ1n) is 19.3. The second-order valence-electron chi connectivity index (χ2n) is 15.6. The second-order valence-corrected chi connectivity index (χ2v) is 16.7. The van der Waals surface area contributed by atoms with Crippen LogP contribution < -0.4 is 4.90 Å². The van der Waals surface area contributed by atoms with Gasteiger partial charge in [0.05, 0.1) is 16.1 Å². The second kappa shape index (κ2) is 11.7. The fourth-order valence-corrected chi connectivity index (χ4v) is 10.9. The number of furan rings is 1. The molecule has 1 aliphatic carbocycles. The van der Waals surface area contributed by atoms with Crippen molar-refractivity contribution in [2.75, 3.05) is 4.90 Å². The molecule has 9 aromatic carbocycles. The molecule has 0 spiro atoms. The van der Waals surface area contributed by atoms with Crippen molar-refractivity contribution in [2.45, 2.75) is 19.3 Å². The first kappa shape index (κ1) is 31.6. The minimum Gasteiger partial charge on any atom is -0.455 e. The van der Waals surface area contributed by atoms with Crippen molar-refractivity contribution in [2.24, 2.45) is 0 Å². The molecule has 12 rings (SSSR count). The summed E-state index contributed by atoms with van der Waals surface area (Å²) in [6, 6.07) is 64.5. The molecule has 0 saturated carbocycles. The third-order valence-electron chi connectivity index (χ3n) is 12.2. The van der Waals surface area contributed by atoms with Crippen LogP contribution >= 0.6 is 11.3 Å². The van der Waals surface area contributed by atoms with E-state index in [9.17, 15) is 0 Å². The van der Waals surface area contributed by atoms with E-state index < -0.39 is 0 Å². The maximum absolute atomic E-state index is 6.78. The van der Waals surface area contributed by atoms with Crippen LogP contribution in [-0.4, -0.2) is 0 Å². The Morgan fingerprint density at radius 3 is 2.02 bits per heavy atom. The van der Waals surface area contributed by atoms with Gasteiger partial charge in [-0.05, 0) is 92.0 Å². The van der Waals surface area contributed by atoms with Crippen molar-refractivity contribution in [1.29, 1.82) is 0 Å². The molecule has 56 heavy (non-hydrogen) atoms. The van der Waals surface area contributed by atoms with Gasteiger partial charge in [-0.1, -0.05) is 147 Å². The van der Waals surface area contributed by atoms with Crippen LogP contribution in [0.1, 0.15) is 25.0 Å². The van der Waals surface area contributed by atoms with Crippen LogP contribution in [0.2, 0.25) is 0 Å². The third-order valence-corrected chi connectivity index (χ3v) is 13.4. The summed E-state index contributed by atoms with van der Waals surface area (Å²) in [4.78, 5) is 2.46. The van der Waals surface area contributed by atoms with Crippen molar-refractivity contribution in [1.82, 2.24) is 0 Å². The fraction of sp³-hybridized carbons (Fsp3) is 0.0566. The van der Waals surface area contributed by atoms with Gasteiger partial charge in [0, 0.05) is 42.7 Å². The van der Waals surface area contributed by atoms with Gasteiger partial charge in [0.15, 0.2) is 0 Å². The average Bonchev–Trinajstić information content (AvgIpc) is 3.90. The maximum Gasteiger partial charge on any atom is 0.144 e. The van der Waals surface area contributed by atoms with Gasteiger partial charge in [-0.2, -0.15) is 0 Å². The number of hydrogen-bond donors (Lipinski definition) is 0. The highest BCUT2D eigenvalue weighted by atomic mass is 32.1. The van der Waals surface area contributed by atoms with E-state index in [2.05, 4.69) is 195 Å². The molecule has 11 aromatic rings. The zero-order valence-electron chi connectivity index (χ0n) is 31.0. The molecule has 0 amide bonds. The number of fused-ring (bicyclic) bond motifs is 13. The monoisotopic (exact) mass is 733 g/mol. The van der Waals surface area contributed by atoms with Crippen molar-refractivity contribution >= 4 is 92.1 Å². The maximum atomic E-state index is 6.78. The molecule has 0 bridgehead atoms. The van der Waals surface area contributed by atoms with E-state index in [4.69, 9.17) is 4.42 Å². The minimum atomic E-state index is -0.0919. The highest BCUT2D eigenvalue weighted by Crippen LogP contribution is 2.53. The lowest BCUT2D eigenvalue weighted by atomic mass is 9.79. The van der Waals surface area contributed by atoms with E-state index in [1.165, 1.54) is 80.5 Å². The number of benzene rings is 9. The van der Waals surface area contributed by atoms with E-state index in [0.29, 0.717) is 0 Å². The Morgan fingerprint density at radius 2 is 1.14 bits per heavy atom. The van der Waals surface area contributed by atoms with Gasteiger partial charge in [-0.3, -0.25) is 0 Å².